The number of likely N-dealkylation sites (N-methyl/N-ethyl adjacent to an activating group) is 1. The Hall–Kier alpha value is -1.96. The Morgan fingerprint density at radius 1 is 1.04 bits per heavy atom. The van der Waals surface area contributed by atoms with Crippen molar-refractivity contribution in [1.29, 1.82) is 0 Å². The van der Waals surface area contributed by atoms with Gasteiger partial charge in [0.25, 0.3) is 0 Å². The Morgan fingerprint density at radius 3 is 2.36 bits per heavy atom. The van der Waals surface area contributed by atoms with Gasteiger partial charge in [-0.05, 0) is 35.9 Å². The van der Waals surface area contributed by atoms with E-state index in [9.17, 15) is 13.2 Å². The molecule has 2 aromatic carbocycles. The number of amides is 1. The molecule has 28 heavy (non-hydrogen) atoms. The molecule has 6 nitrogen and oxygen atoms in total. The molecule has 1 heterocycles. The summed E-state index contributed by atoms with van der Waals surface area (Å²) in [5, 5.41) is 1.84. The molecule has 1 unspecified atom stereocenters. The van der Waals surface area contributed by atoms with Gasteiger partial charge in [0.1, 0.15) is 6.04 Å². The summed E-state index contributed by atoms with van der Waals surface area (Å²) in [6.07, 6.45) is 1.21. The lowest BCUT2D eigenvalue weighted by molar-refractivity contribution is -0.134. The van der Waals surface area contributed by atoms with Gasteiger partial charge < -0.3 is 9.80 Å². The Balaban J connectivity index is 1.77. The summed E-state index contributed by atoms with van der Waals surface area (Å²) in [5.41, 5.74) is 0. The molecule has 1 aliphatic heterocycles. The van der Waals surface area contributed by atoms with E-state index in [-0.39, 0.29) is 10.8 Å². The van der Waals surface area contributed by atoms with E-state index in [4.69, 9.17) is 0 Å². The molecule has 0 aromatic heterocycles. The second-order valence-corrected chi connectivity index (χ2v) is 8.95. The first-order chi connectivity index (χ1) is 13.4. The number of nitrogens with one attached hydrogen (secondary N) is 1. The van der Waals surface area contributed by atoms with E-state index < -0.39 is 16.1 Å². The van der Waals surface area contributed by atoms with Crippen molar-refractivity contribution in [3.05, 3.63) is 42.5 Å². The minimum absolute atomic E-state index is 0.123. The minimum Gasteiger partial charge on any atom is -0.339 e. The standard InChI is InChI=1S/C21H29N3O3S/c1-3-7-20(21(25)24-14-12-23(4-2)13-15-24)22-28(26,27)19-11-10-17-8-5-6-9-18(17)16-19/h5-6,8-11,16,20,22H,3-4,7,12-15H2,1-2H3. The fourth-order valence-corrected chi connectivity index (χ4v) is 4.87. The van der Waals surface area contributed by atoms with Crippen molar-refractivity contribution in [3.63, 3.8) is 0 Å². The maximum absolute atomic E-state index is 13.0. The number of carbonyl (C=O) groups is 1. The summed E-state index contributed by atoms with van der Waals surface area (Å²) in [6.45, 7) is 7.98. The summed E-state index contributed by atoms with van der Waals surface area (Å²) in [5.74, 6) is -0.123. The Bertz CT molecular complexity index is 921. The molecule has 0 bridgehead atoms. The monoisotopic (exact) mass is 403 g/mol. The highest BCUT2D eigenvalue weighted by Gasteiger charge is 2.30. The normalized spacial score (nSPS) is 17.0. The van der Waals surface area contributed by atoms with E-state index >= 15 is 0 Å². The molecule has 1 N–H and O–H groups in total. The van der Waals surface area contributed by atoms with Crippen LogP contribution in [0.4, 0.5) is 0 Å². The maximum atomic E-state index is 13.0. The van der Waals surface area contributed by atoms with Gasteiger partial charge in [0.05, 0.1) is 4.90 Å². The SMILES string of the molecule is CCCC(NS(=O)(=O)c1ccc2ccccc2c1)C(=O)N1CCN(CC)CC1. The quantitative estimate of drug-likeness (QED) is 0.771. The molecule has 152 valence electrons. The molecule has 1 saturated heterocycles. The number of sulfonamides is 1. The molecule has 0 spiro atoms. The van der Waals surface area contributed by atoms with Gasteiger partial charge in [-0.1, -0.05) is 50.6 Å². The first kappa shape index (κ1) is 20.8. The van der Waals surface area contributed by atoms with Gasteiger partial charge in [0.15, 0.2) is 0 Å². The summed E-state index contributed by atoms with van der Waals surface area (Å²) in [4.78, 5) is 17.3. The second-order valence-electron chi connectivity index (χ2n) is 7.23. The number of benzene rings is 2. The highest BCUT2D eigenvalue weighted by atomic mass is 32.2. The predicted octanol–water partition coefficient (Wildman–Crippen LogP) is 2.45. The summed E-state index contributed by atoms with van der Waals surface area (Å²) in [6, 6.07) is 12.0. The Kier molecular flexibility index (Phi) is 6.69. The van der Waals surface area contributed by atoms with Crippen LogP contribution < -0.4 is 4.72 Å². The number of carbonyl (C=O) groups excluding carboxylic acids is 1. The fourth-order valence-electron chi connectivity index (χ4n) is 3.62. The zero-order chi connectivity index (χ0) is 20.1. The highest BCUT2D eigenvalue weighted by Crippen LogP contribution is 2.20. The van der Waals surface area contributed by atoms with E-state index in [1.807, 2.05) is 31.2 Å². The van der Waals surface area contributed by atoms with Crippen LogP contribution in [0.25, 0.3) is 10.8 Å². The number of hydrogen-bond donors (Lipinski definition) is 1. The topological polar surface area (TPSA) is 69.7 Å². The molecule has 2 aromatic rings. The highest BCUT2D eigenvalue weighted by molar-refractivity contribution is 7.89. The maximum Gasteiger partial charge on any atom is 0.241 e. The van der Waals surface area contributed by atoms with Crippen LogP contribution in [0.2, 0.25) is 0 Å². The predicted molar refractivity (Wildman–Crippen MR) is 112 cm³/mol. The molecule has 1 atom stereocenters. The third kappa shape index (κ3) is 4.71. The summed E-state index contributed by atoms with van der Waals surface area (Å²) < 4.78 is 28.6. The van der Waals surface area contributed by atoms with Crippen LogP contribution in [-0.4, -0.2) is 62.9 Å². The first-order valence-corrected chi connectivity index (χ1v) is 11.4. The van der Waals surface area contributed by atoms with E-state index in [0.717, 1.165) is 36.8 Å². The number of rotatable bonds is 7. The zero-order valence-corrected chi connectivity index (χ0v) is 17.4. The number of piperazine rings is 1. The molecule has 0 saturated carbocycles. The van der Waals surface area contributed by atoms with Gasteiger partial charge in [-0.3, -0.25) is 4.79 Å². The number of hydrogen-bond acceptors (Lipinski definition) is 4. The van der Waals surface area contributed by atoms with Gasteiger partial charge in [0, 0.05) is 26.2 Å². The molecular weight excluding hydrogens is 374 g/mol. The van der Waals surface area contributed by atoms with Crippen molar-refractivity contribution in [2.24, 2.45) is 0 Å². The van der Waals surface area contributed by atoms with E-state index in [2.05, 4.69) is 16.5 Å². The van der Waals surface area contributed by atoms with Gasteiger partial charge in [-0.2, -0.15) is 4.72 Å². The molecule has 0 aliphatic carbocycles. The molecule has 1 amide bonds. The van der Waals surface area contributed by atoms with Crippen LogP contribution in [0.3, 0.4) is 0 Å². The van der Waals surface area contributed by atoms with Crippen molar-refractivity contribution >= 4 is 26.7 Å². The Labute approximate surface area is 167 Å². The smallest absolute Gasteiger partial charge is 0.241 e. The van der Waals surface area contributed by atoms with Crippen molar-refractivity contribution in [1.82, 2.24) is 14.5 Å². The van der Waals surface area contributed by atoms with E-state index in [0.29, 0.717) is 19.5 Å². The number of fused-ring (bicyclic) bond motifs is 1. The molecule has 7 heteroatoms. The van der Waals surface area contributed by atoms with Crippen LogP contribution in [-0.2, 0) is 14.8 Å². The van der Waals surface area contributed by atoms with Crippen LogP contribution in [0.1, 0.15) is 26.7 Å². The fraction of sp³-hybridized carbons (Fsp3) is 0.476. The third-order valence-electron chi connectivity index (χ3n) is 5.34. The van der Waals surface area contributed by atoms with Crippen LogP contribution in [0.5, 0.6) is 0 Å². The van der Waals surface area contributed by atoms with Crippen LogP contribution in [0, 0.1) is 0 Å². The van der Waals surface area contributed by atoms with Crippen molar-refractivity contribution in [2.75, 3.05) is 32.7 Å². The molecule has 3 rings (SSSR count). The van der Waals surface area contributed by atoms with Crippen molar-refractivity contribution in [3.8, 4) is 0 Å². The molecule has 1 fully saturated rings. The van der Waals surface area contributed by atoms with Gasteiger partial charge >= 0.3 is 0 Å². The van der Waals surface area contributed by atoms with Crippen LogP contribution >= 0.6 is 0 Å². The summed E-state index contributed by atoms with van der Waals surface area (Å²) >= 11 is 0. The van der Waals surface area contributed by atoms with Gasteiger partial charge in [-0.25, -0.2) is 8.42 Å². The summed E-state index contributed by atoms with van der Waals surface area (Å²) in [7, 11) is -3.78. The Morgan fingerprint density at radius 2 is 1.71 bits per heavy atom. The lowest BCUT2D eigenvalue weighted by Gasteiger charge is -2.36. The third-order valence-corrected chi connectivity index (χ3v) is 6.80. The molecule has 0 radical (unpaired) electrons. The van der Waals surface area contributed by atoms with Crippen LogP contribution in [0.15, 0.2) is 47.4 Å². The average Bonchev–Trinajstić information content (AvgIpc) is 2.72. The second kappa shape index (κ2) is 9.03. The van der Waals surface area contributed by atoms with Crippen molar-refractivity contribution in [2.45, 2.75) is 37.6 Å². The molecular formula is C21H29N3O3S. The first-order valence-electron chi connectivity index (χ1n) is 9.97. The zero-order valence-electron chi connectivity index (χ0n) is 16.6. The number of nitrogens with zero attached hydrogens (tertiary/aromatic N) is 2. The minimum atomic E-state index is -3.78. The van der Waals surface area contributed by atoms with E-state index in [1.54, 1.807) is 23.1 Å². The van der Waals surface area contributed by atoms with Crippen molar-refractivity contribution < 1.29 is 13.2 Å². The average molecular weight is 404 g/mol. The van der Waals surface area contributed by atoms with Gasteiger partial charge in [-0.15, -0.1) is 0 Å². The lowest BCUT2D eigenvalue weighted by Crippen LogP contribution is -2.54. The van der Waals surface area contributed by atoms with Gasteiger partial charge in [0.2, 0.25) is 15.9 Å². The largest absolute Gasteiger partial charge is 0.339 e. The van der Waals surface area contributed by atoms with E-state index in [1.165, 1.54) is 0 Å². The molecule has 1 aliphatic rings. The lowest BCUT2D eigenvalue weighted by atomic mass is 10.1.